The van der Waals surface area contributed by atoms with Gasteiger partial charge in [0.05, 0.1) is 33.2 Å². The van der Waals surface area contributed by atoms with E-state index in [9.17, 15) is 0 Å². The Bertz CT molecular complexity index is 7730. The Morgan fingerprint density at radius 3 is 1.02 bits per heavy atom. The third-order valence-electron chi connectivity index (χ3n) is 22.8. The molecule has 23 rings (SSSR count). The Balaban J connectivity index is 0.000000143. The van der Waals surface area contributed by atoms with Gasteiger partial charge in [0.2, 0.25) is 0 Å². The zero-order chi connectivity index (χ0) is 78.0. The topological polar surface area (TPSA) is 74.6 Å². The highest BCUT2D eigenvalue weighted by Crippen LogP contribution is 2.47. The molecule has 118 heavy (non-hydrogen) atoms. The number of benzene rings is 17. The van der Waals surface area contributed by atoms with Gasteiger partial charge < -0.3 is 4.42 Å². The Kier molecular flexibility index (Phi) is 17.3. The van der Waals surface area contributed by atoms with Crippen molar-refractivity contribution in [2.75, 3.05) is 0 Å². The third-order valence-corrected chi connectivity index (χ3v) is 24.0. The van der Waals surface area contributed by atoms with Crippen LogP contribution in [0.4, 0.5) is 0 Å². The van der Waals surface area contributed by atoms with Gasteiger partial charge in [0.1, 0.15) is 22.5 Å². The Morgan fingerprint density at radius 2 is 0.517 bits per heavy atom. The lowest BCUT2D eigenvalue weighted by atomic mass is 9.92. The number of nitrogens with zero attached hydrogens (tertiary/aromatic N) is 6. The molecule has 0 aliphatic heterocycles. The zero-order valence-electron chi connectivity index (χ0n) is 63.9. The summed E-state index contributed by atoms with van der Waals surface area (Å²) in [7, 11) is 0. The number of furan rings is 1. The number of aromatic nitrogens is 6. The normalized spacial score (nSPS) is 11.6. The second-order valence-corrected chi connectivity index (χ2v) is 31.0. The van der Waals surface area contributed by atoms with E-state index in [1.54, 1.807) is 0 Å². The van der Waals surface area contributed by atoms with Gasteiger partial charge in [0.25, 0.3) is 0 Å². The van der Waals surface area contributed by atoms with E-state index in [-0.39, 0.29) is 0 Å². The first kappa shape index (κ1) is 69.3. The van der Waals surface area contributed by atoms with E-state index in [0.29, 0.717) is 11.6 Å². The number of hydrogen-bond donors (Lipinski definition) is 0. The molecule has 0 N–H and O–H groups in total. The molecule has 6 heterocycles. The molecule has 0 atom stereocenters. The van der Waals surface area contributed by atoms with Gasteiger partial charge in [-0.05, 0) is 181 Å². The minimum atomic E-state index is 0.649. The Hall–Kier alpha value is -15.5. The van der Waals surface area contributed by atoms with Crippen molar-refractivity contribution in [1.29, 1.82) is 0 Å². The van der Waals surface area contributed by atoms with Crippen LogP contribution in [0.1, 0.15) is 0 Å². The molecule has 552 valence electrons. The van der Waals surface area contributed by atoms with Gasteiger partial charge in [-0.25, -0.2) is 19.9 Å². The van der Waals surface area contributed by atoms with Crippen molar-refractivity contribution in [3.63, 3.8) is 0 Å². The number of fused-ring (bicyclic) bond motifs is 12. The van der Waals surface area contributed by atoms with E-state index in [1.165, 1.54) is 70.2 Å². The fraction of sp³-hybridized carbons (Fsp3) is 0. The van der Waals surface area contributed by atoms with Gasteiger partial charge in [-0.3, -0.25) is 9.13 Å². The maximum absolute atomic E-state index is 6.33. The lowest BCUT2D eigenvalue weighted by molar-refractivity contribution is 0.669. The first-order valence-corrected chi connectivity index (χ1v) is 40.7. The van der Waals surface area contributed by atoms with Crippen molar-refractivity contribution in [3.05, 3.63) is 425 Å². The van der Waals surface area contributed by atoms with E-state index < -0.39 is 0 Å². The molecule has 0 spiro atoms. The van der Waals surface area contributed by atoms with Crippen LogP contribution in [0.5, 0.6) is 0 Å². The van der Waals surface area contributed by atoms with Gasteiger partial charge in [0.15, 0.2) is 11.6 Å². The first-order valence-electron chi connectivity index (χ1n) is 39.9. The summed E-state index contributed by atoms with van der Waals surface area (Å²) in [6.07, 6.45) is 0. The van der Waals surface area contributed by atoms with Crippen molar-refractivity contribution in [1.82, 2.24) is 29.1 Å². The molecule has 0 bridgehead atoms. The van der Waals surface area contributed by atoms with Crippen LogP contribution >= 0.6 is 11.3 Å². The summed E-state index contributed by atoms with van der Waals surface area (Å²) in [5, 5.41) is 8.75. The molecule has 6 aromatic heterocycles. The summed E-state index contributed by atoms with van der Waals surface area (Å²) >= 11 is 1.82. The lowest BCUT2D eigenvalue weighted by Gasteiger charge is -2.13. The summed E-state index contributed by atoms with van der Waals surface area (Å²) in [6.45, 7) is 0. The summed E-state index contributed by atoms with van der Waals surface area (Å²) in [4.78, 5) is 22.1. The highest BCUT2D eigenvalue weighted by Gasteiger charge is 2.26. The largest absolute Gasteiger partial charge is 0.456 e. The smallest absolute Gasteiger partial charge is 0.162 e. The van der Waals surface area contributed by atoms with Crippen molar-refractivity contribution in [3.8, 4) is 135 Å². The van der Waals surface area contributed by atoms with Crippen molar-refractivity contribution in [2.24, 2.45) is 0 Å². The number of rotatable bonds is 13. The van der Waals surface area contributed by atoms with Crippen molar-refractivity contribution < 1.29 is 4.42 Å². The maximum atomic E-state index is 6.33. The minimum Gasteiger partial charge on any atom is -0.456 e. The van der Waals surface area contributed by atoms with E-state index in [2.05, 4.69) is 403 Å². The number of thiophene rings is 1. The van der Waals surface area contributed by atoms with Crippen molar-refractivity contribution >= 4 is 97.3 Å². The maximum Gasteiger partial charge on any atom is 0.162 e. The molecule has 0 aliphatic carbocycles. The summed E-state index contributed by atoms with van der Waals surface area (Å²) < 4.78 is 13.4. The number of hydrogen-bond acceptors (Lipinski definition) is 6. The van der Waals surface area contributed by atoms with Crippen LogP contribution in [-0.2, 0) is 0 Å². The molecule has 0 saturated heterocycles. The average molecular weight is 1520 g/mol. The molecular formula is C110H70N6OS. The molecular weight excluding hydrogens is 1450 g/mol. The zero-order valence-corrected chi connectivity index (χ0v) is 64.7. The molecule has 7 nitrogen and oxygen atoms in total. The fourth-order valence-electron chi connectivity index (χ4n) is 17.3. The highest BCUT2D eigenvalue weighted by molar-refractivity contribution is 7.26. The highest BCUT2D eigenvalue weighted by atomic mass is 32.1. The van der Waals surface area contributed by atoms with E-state index >= 15 is 0 Å². The van der Waals surface area contributed by atoms with Gasteiger partial charge in [-0.15, -0.1) is 11.3 Å². The predicted molar refractivity (Wildman–Crippen MR) is 493 cm³/mol. The average Bonchev–Trinajstić information content (AvgIpc) is 1.55. The molecule has 8 heteroatoms. The number of para-hydroxylation sites is 5. The molecule has 0 fully saturated rings. The quantitative estimate of drug-likeness (QED) is 0.115. The molecule has 0 unspecified atom stereocenters. The van der Waals surface area contributed by atoms with Crippen molar-refractivity contribution in [2.45, 2.75) is 0 Å². The van der Waals surface area contributed by atoms with Crippen LogP contribution < -0.4 is 0 Å². The van der Waals surface area contributed by atoms with Crippen LogP contribution in [0.15, 0.2) is 429 Å². The van der Waals surface area contributed by atoms with E-state index in [1.807, 2.05) is 41.7 Å². The molecule has 17 aromatic carbocycles. The first-order chi connectivity index (χ1) is 58.5. The van der Waals surface area contributed by atoms with Gasteiger partial charge >= 0.3 is 0 Å². The summed E-state index contributed by atoms with van der Waals surface area (Å²) in [6, 6.07) is 151. The fourth-order valence-corrected chi connectivity index (χ4v) is 18.4. The predicted octanol–water partition coefficient (Wildman–Crippen LogP) is 29.8. The van der Waals surface area contributed by atoms with Crippen LogP contribution in [0, 0.1) is 0 Å². The monoisotopic (exact) mass is 1520 g/mol. The molecule has 0 aliphatic rings. The minimum absolute atomic E-state index is 0.649. The Labute approximate surface area is 685 Å². The van der Waals surface area contributed by atoms with Gasteiger partial charge in [-0.1, -0.05) is 322 Å². The summed E-state index contributed by atoms with van der Waals surface area (Å²) in [5.74, 6) is 1.36. The van der Waals surface area contributed by atoms with Crippen LogP contribution in [0.25, 0.3) is 221 Å². The van der Waals surface area contributed by atoms with Crippen LogP contribution in [0.2, 0.25) is 0 Å². The molecule has 23 aromatic rings. The summed E-state index contributed by atoms with van der Waals surface area (Å²) in [5.41, 5.74) is 29.9. The van der Waals surface area contributed by atoms with Crippen LogP contribution in [0.3, 0.4) is 0 Å². The molecule has 0 radical (unpaired) electrons. The standard InChI is InChI=1S/C58H37N3S.C52H33N3O/c1-4-17-38(18-5-1)44-35-45(39-19-6-2-7-20-39)37-46(36-44)42-23-14-21-40(33-42)41-22-15-24-43(34-41)56-55-48-27-10-12-30-51(48)61(47-25-8-3-9-26-47)58(55)60-57(59-56)50-29-16-32-53-54(50)49-28-11-13-31-52(49)62-53;1-3-14-34(15-4-1)35-28-30-36(31-29-35)37-16-11-17-38(32-37)39-18-12-19-40(33-39)50-49-42-22-7-9-25-45(42)55(41-20-5-2-6-21-41)52(49)54-51(53-50)44-24-13-27-47-48(44)43-23-8-10-26-46(43)56-47/h1-37H;1-33H. The van der Waals surface area contributed by atoms with Crippen LogP contribution in [-0.4, -0.2) is 29.1 Å². The lowest BCUT2D eigenvalue weighted by Crippen LogP contribution is -1.99. The Morgan fingerprint density at radius 1 is 0.203 bits per heavy atom. The van der Waals surface area contributed by atoms with E-state index in [4.69, 9.17) is 24.4 Å². The van der Waals surface area contributed by atoms with Gasteiger partial charge in [-0.2, -0.15) is 0 Å². The SMILES string of the molecule is c1ccc(-c2cc(-c3ccccc3)cc(-c3cccc(-c4cccc(-c5nc(-c6cccc7sc8ccccc8c67)nc6c5c5ccccc5n6-c5ccccc5)c4)c3)c2)cc1.c1ccc(-c2ccc(-c3cccc(-c4cccc(-c5nc(-c6cccc7oc8ccccc8c67)nc6c5c5ccccc5n6-c5ccccc5)c4)c3)cc2)cc1. The molecule has 0 amide bonds. The van der Waals surface area contributed by atoms with Gasteiger partial charge in [0, 0.05) is 75.3 Å². The van der Waals surface area contributed by atoms with E-state index in [0.717, 1.165) is 139 Å². The third kappa shape index (κ3) is 12.5. The second kappa shape index (κ2) is 29.5. The second-order valence-electron chi connectivity index (χ2n) is 29.9. The molecule has 0 saturated carbocycles.